The Morgan fingerprint density at radius 1 is 1.05 bits per heavy atom. The van der Waals surface area contributed by atoms with Crippen LogP contribution in [-0.4, -0.2) is 10.0 Å². The zero-order valence-electron chi connectivity index (χ0n) is 10.6. The van der Waals surface area contributed by atoms with Crippen molar-refractivity contribution < 1.29 is 10.0 Å². The Balaban J connectivity index is 1.94. The Kier molecular flexibility index (Phi) is 3.08. The number of nitrogens with zero attached hydrogens (tertiary/aromatic N) is 1. The molecule has 1 aliphatic carbocycles. The molecule has 0 bridgehead atoms. The van der Waals surface area contributed by atoms with Crippen LogP contribution in [-0.2, 0) is 0 Å². The number of rotatable bonds is 2. The molecule has 3 rings (SSSR count). The zero-order chi connectivity index (χ0) is 14.1. The number of aliphatic hydroxyl groups is 1. The van der Waals surface area contributed by atoms with E-state index < -0.39 is 11.0 Å². The summed E-state index contributed by atoms with van der Waals surface area (Å²) >= 11 is 0. The van der Waals surface area contributed by atoms with Gasteiger partial charge in [0.25, 0.3) is 5.69 Å². The normalized spacial score (nSPS) is 20.4. The average molecular weight is 267 g/mol. The van der Waals surface area contributed by atoms with Crippen molar-refractivity contribution in [3.63, 3.8) is 0 Å². The third-order valence-corrected chi connectivity index (χ3v) is 3.63. The highest BCUT2D eigenvalue weighted by atomic mass is 16.6. The minimum absolute atomic E-state index is 0.0587. The maximum absolute atomic E-state index is 10.7. The van der Waals surface area contributed by atoms with Crippen LogP contribution in [0.1, 0.15) is 28.7 Å². The molecule has 1 N–H and O–H groups in total. The van der Waals surface area contributed by atoms with Crippen LogP contribution in [0, 0.1) is 10.1 Å². The molecule has 100 valence electrons. The minimum atomic E-state index is -0.627. The fourth-order valence-electron chi connectivity index (χ4n) is 2.55. The molecule has 4 heteroatoms. The summed E-state index contributed by atoms with van der Waals surface area (Å²) in [5.74, 6) is -0.175. The third-order valence-electron chi connectivity index (χ3n) is 3.63. The Labute approximate surface area is 116 Å². The number of hydrogen-bond acceptors (Lipinski definition) is 3. The van der Waals surface area contributed by atoms with Gasteiger partial charge in [-0.15, -0.1) is 0 Å². The van der Waals surface area contributed by atoms with Crippen molar-refractivity contribution in [2.45, 2.75) is 12.0 Å². The summed E-state index contributed by atoms with van der Waals surface area (Å²) in [7, 11) is 0. The Hall–Kier alpha value is -2.46. The van der Waals surface area contributed by atoms with E-state index in [-0.39, 0.29) is 11.6 Å². The fourth-order valence-corrected chi connectivity index (χ4v) is 2.55. The van der Waals surface area contributed by atoms with E-state index in [1.165, 1.54) is 12.1 Å². The Morgan fingerprint density at radius 2 is 1.75 bits per heavy atom. The van der Waals surface area contributed by atoms with Crippen molar-refractivity contribution in [2.75, 3.05) is 0 Å². The minimum Gasteiger partial charge on any atom is -0.387 e. The molecule has 0 amide bonds. The number of benzene rings is 2. The summed E-state index contributed by atoms with van der Waals surface area (Å²) in [5.41, 5.74) is 2.83. The predicted molar refractivity (Wildman–Crippen MR) is 76.3 cm³/mol. The quantitative estimate of drug-likeness (QED) is 0.669. The van der Waals surface area contributed by atoms with Crippen molar-refractivity contribution in [1.29, 1.82) is 0 Å². The van der Waals surface area contributed by atoms with Crippen LogP contribution in [0.5, 0.6) is 0 Å². The highest BCUT2D eigenvalue weighted by molar-refractivity contribution is 5.60. The van der Waals surface area contributed by atoms with E-state index in [9.17, 15) is 15.2 Å². The maximum atomic E-state index is 10.7. The first-order valence-electron chi connectivity index (χ1n) is 6.36. The molecule has 0 fully saturated rings. The predicted octanol–water partition coefficient (Wildman–Crippen LogP) is 3.44. The third kappa shape index (κ3) is 2.10. The lowest BCUT2D eigenvalue weighted by Crippen LogP contribution is -2.13. The first-order chi connectivity index (χ1) is 9.66. The van der Waals surface area contributed by atoms with Crippen LogP contribution in [0.25, 0.3) is 6.08 Å². The Bertz CT molecular complexity index is 676. The molecule has 0 aromatic heterocycles. The lowest BCUT2D eigenvalue weighted by molar-refractivity contribution is -0.384. The van der Waals surface area contributed by atoms with Crippen molar-refractivity contribution >= 4 is 11.8 Å². The maximum Gasteiger partial charge on any atom is 0.269 e. The molecule has 0 aliphatic heterocycles. The highest BCUT2D eigenvalue weighted by Gasteiger charge is 2.25. The summed E-state index contributed by atoms with van der Waals surface area (Å²) in [6.07, 6.45) is 3.29. The van der Waals surface area contributed by atoms with Crippen LogP contribution >= 0.6 is 0 Å². The Morgan fingerprint density at radius 3 is 2.45 bits per heavy atom. The van der Waals surface area contributed by atoms with Gasteiger partial charge in [0, 0.05) is 18.1 Å². The van der Waals surface area contributed by atoms with E-state index in [4.69, 9.17) is 0 Å². The molecule has 0 heterocycles. The number of non-ortho nitro benzene ring substituents is 1. The van der Waals surface area contributed by atoms with Crippen LogP contribution < -0.4 is 0 Å². The average Bonchev–Trinajstić information content (AvgIpc) is 2.48. The number of aliphatic hydroxyl groups excluding tert-OH is 1. The van der Waals surface area contributed by atoms with Gasteiger partial charge in [-0.1, -0.05) is 48.6 Å². The molecule has 20 heavy (non-hydrogen) atoms. The molecular weight excluding hydrogens is 254 g/mol. The first-order valence-corrected chi connectivity index (χ1v) is 6.36. The summed E-state index contributed by atoms with van der Waals surface area (Å²) in [6.45, 7) is 0. The fraction of sp³-hybridized carbons (Fsp3) is 0.125. The smallest absolute Gasteiger partial charge is 0.269 e. The van der Waals surface area contributed by atoms with Gasteiger partial charge in [-0.05, 0) is 16.7 Å². The first kappa shape index (κ1) is 12.6. The van der Waals surface area contributed by atoms with Gasteiger partial charge < -0.3 is 5.11 Å². The molecule has 2 atom stereocenters. The molecule has 2 aromatic carbocycles. The van der Waals surface area contributed by atoms with Gasteiger partial charge in [-0.2, -0.15) is 0 Å². The number of hydrogen-bond donors (Lipinski definition) is 1. The molecule has 0 radical (unpaired) electrons. The molecule has 4 nitrogen and oxygen atoms in total. The van der Waals surface area contributed by atoms with Gasteiger partial charge in [0.15, 0.2) is 0 Å². The van der Waals surface area contributed by atoms with E-state index in [1.54, 1.807) is 12.1 Å². The second kappa shape index (κ2) is 4.90. The van der Waals surface area contributed by atoms with E-state index >= 15 is 0 Å². The largest absolute Gasteiger partial charge is 0.387 e. The molecule has 0 saturated carbocycles. The SMILES string of the molecule is O=[N+]([O-])c1ccc(C2C=Cc3ccccc3C2O)cc1. The van der Waals surface area contributed by atoms with Crippen molar-refractivity contribution in [1.82, 2.24) is 0 Å². The van der Waals surface area contributed by atoms with Gasteiger partial charge in [0.05, 0.1) is 11.0 Å². The van der Waals surface area contributed by atoms with E-state index in [0.29, 0.717) is 0 Å². The second-order valence-corrected chi connectivity index (χ2v) is 4.81. The van der Waals surface area contributed by atoms with E-state index in [2.05, 4.69) is 0 Å². The lowest BCUT2D eigenvalue weighted by Gasteiger charge is -2.26. The van der Waals surface area contributed by atoms with Crippen molar-refractivity contribution in [2.24, 2.45) is 0 Å². The summed E-state index contributed by atoms with van der Waals surface area (Å²) in [6, 6.07) is 14.0. The van der Waals surface area contributed by atoms with E-state index in [0.717, 1.165) is 16.7 Å². The number of nitro benzene ring substituents is 1. The molecule has 0 saturated heterocycles. The van der Waals surface area contributed by atoms with Crippen LogP contribution in [0.3, 0.4) is 0 Å². The van der Waals surface area contributed by atoms with Crippen LogP contribution in [0.15, 0.2) is 54.6 Å². The van der Waals surface area contributed by atoms with E-state index in [1.807, 2.05) is 36.4 Å². The summed E-state index contributed by atoms with van der Waals surface area (Å²) in [4.78, 5) is 10.2. The molecule has 1 aliphatic rings. The zero-order valence-corrected chi connectivity index (χ0v) is 10.6. The summed E-state index contributed by atoms with van der Waals surface area (Å²) < 4.78 is 0. The van der Waals surface area contributed by atoms with Gasteiger partial charge in [-0.25, -0.2) is 0 Å². The molecule has 2 aromatic rings. The molecular formula is C16H13NO3. The second-order valence-electron chi connectivity index (χ2n) is 4.81. The molecule has 0 spiro atoms. The van der Waals surface area contributed by atoms with Gasteiger partial charge >= 0.3 is 0 Å². The number of fused-ring (bicyclic) bond motifs is 1. The lowest BCUT2D eigenvalue weighted by atomic mass is 9.83. The van der Waals surface area contributed by atoms with Crippen LogP contribution in [0.4, 0.5) is 5.69 Å². The van der Waals surface area contributed by atoms with Crippen LogP contribution in [0.2, 0.25) is 0 Å². The highest BCUT2D eigenvalue weighted by Crippen LogP contribution is 2.38. The van der Waals surface area contributed by atoms with Gasteiger partial charge in [0.2, 0.25) is 0 Å². The van der Waals surface area contributed by atoms with Gasteiger partial charge in [0.1, 0.15) is 0 Å². The number of nitro groups is 1. The monoisotopic (exact) mass is 267 g/mol. The van der Waals surface area contributed by atoms with Crippen molar-refractivity contribution in [3.8, 4) is 0 Å². The van der Waals surface area contributed by atoms with Gasteiger partial charge in [-0.3, -0.25) is 10.1 Å². The van der Waals surface area contributed by atoms with Crippen molar-refractivity contribution in [3.05, 3.63) is 81.4 Å². The topological polar surface area (TPSA) is 63.4 Å². The summed E-state index contributed by atoms with van der Waals surface area (Å²) in [5, 5.41) is 21.1. The molecule has 2 unspecified atom stereocenters. The standard InChI is InChI=1S/C16H13NO3/c18-16-14-4-2-1-3-11(14)7-10-15(16)12-5-8-13(9-6-12)17(19)20/h1-10,15-16,18H.